The number of anilines is 1. The number of hydrogen-bond acceptors (Lipinski definition) is 3. The maximum atomic E-state index is 13.8. The molecule has 104 valence electrons. The standard InChI is InChI=1S/C15H15F2N3/c16-12-4-1-3-11(15(12)17)13-5-2-6-14(19-13)20-9-7-18-8-10-20/h1-6,18H,7-10H2. The van der Waals surface area contributed by atoms with Crippen LogP contribution in [0.4, 0.5) is 14.6 Å². The Morgan fingerprint density at radius 1 is 1.00 bits per heavy atom. The third-order valence-corrected chi connectivity index (χ3v) is 3.40. The van der Waals surface area contributed by atoms with E-state index >= 15 is 0 Å². The number of pyridine rings is 1. The molecule has 0 aliphatic carbocycles. The topological polar surface area (TPSA) is 28.2 Å². The number of rotatable bonds is 2. The number of piperazine rings is 1. The van der Waals surface area contributed by atoms with Gasteiger partial charge in [-0.1, -0.05) is 12.1 Å². The van der Waals surface area contributed by atoms with Gasteiger partial charge in [0.05, 0.1) is 5.69 Å². The third-order valence-electron chi connectivity index (χ3n) is 3.40. The Bertz CT molecular complexity index is 610. The number of benzene rings is 1. The van der Waals surface area contributed by atoms with Crippen molar-refractivity contribution in [1.29, 1.82) is 0 Å². The van der Waals surface area contributed by atoms with Crippen LogP contribution in [-0.2, 0) is 0 Å². The first kappa shape index (κ1) is 13.0. The summed E-state index contributed by atoms with van der Waals surface area (Å²) in [4.78, 5) is 6.60. The lowest BCUT2D eigenvalue weighted by Gasteiger charge is -2.28. The summed E-state index contributed by atoms with van der Waals surface area (Å²) in [6, 6.07) is 9.56. The van der Waals surface area contributed by atoms with Gasteiger partial charge in [-0.15, -0.1) is 0 Å². The zero-order valence-corrected chi connectivity index (χ0v) is 10.9. The monoisotopic (exact) mass is 275 g/mol. The Morgan fingerprint density at radius 2 is 1.75 bits per heavy atom. The second kappa shape index (κ2) is 5.54. The normalized spacial score (nSPS) is 15.4. The van der Waals surface area contributed by atoms with Crippen LogP contribution in [0.15, 0.2) is 36.4 Å². The lowest BCUT2D eigenvalue weighted by molar-refractivity contribution is 0.511. The fourth-order valence-corrected chi connectivity index (χ4v) is 2.34. The van der Waals surface area contributed by atoms with E-state index in [1.165, 1.54) is 6.07 Å². The van der Waals surface area contributed by atoms with Crippen molar-refractivity contribution in [3.05, 3.63) is 48.0 Å². The lowest BCUT2D eigenvalue weighted by atomic mass is 10.1. The van der Waals surface area contributed by atoms with E-state index < -0.39 is 11.6 Å². The predicted octanol–water partition coefficient (Wildman–Crippen LogP) is 2.44. The summed E-state index contributed by atoms with van der Waals surface area (Å²) < 4.78 is 27.1. The van der Waals surface area contributed by atoms with Crippen molar-refractivity contribution in [2.45, 2.75) is 0 Å². The second-order valence-corrected chi connectivity index (χ2v) is 4.72. The summed E-state index contributed by atoms with van der Waals surface area (Å²) in [5, 5.41) is 3.27. The molecule has 5 heteroatoms. The van der Waals surface area contributed by atoms with E-state index in [-0.39, 0.29) is 5.56 Å². The molecule has 3 rings (SSSR count). The minimum atomic E-state index is -0.850. The van der Waals surface area contributed by atoms with Gasteiger partial charge in [0, 0.05) is 31.7 Å². The lowest BCUT2D eigenvalue weighted by Crippen LogP contribution is -2.43. The Morgan fingerprint density at radius 3 is 2.55 bits per heavy atom. The van der Waals surface area contributed by atoms with Crippen LogP contribution in [0.25, 0.3) is 11.3 Å². The summed E-state index contributed by atoms with van der Waals surface area (Å²) in [5.74, 6) is -0.901. The van der Waals surface area contributed by atoms with Crippen molar-refractivity contribution < 1.29 is 8.78 Å². The molecular weight excluding hydrogens is 260 g/mol. The maximum Gasteiger partial charge on any atom is 0.168 e. The van der Waals surface area contributed by atoms with Crippen LogP contribution in [0.1, 0.15) is 0 Å². The average molecular weight is 275 g/mol. The number of aromatic nitrogens is 1. The van der Waals surface area contributed by atoms with E-state index in [1.54, 1.807) is 12.1 Å². The van der Waals surface area contributed by atoms with Gasteiger partial charge < -0.3 is 10.2 Å². The molecule has 3 nitrogen and oxygen atoms in total. The van der Waals surface area contributed by atoms with Gasteiger partial charge in [0.2, 0.25) is 0 Å². The molecule has 1 N–H and O–H groups in total. The number of nitrogens with one attached hydrogen (secondary N) is 1. The molecule has 2 aromatic rings. The van der Waals surface area contributed by atoms with E-state index in [0.717, 1.165) is 38.1 Å². The zero-order chi connectivity index (χ0) is 13.9. The molecular formula is C15H15F2N3. The molecule has 1 aliphatic heterocycles. The molecule has 1 aliphatic rings. The first-order chi connectivity index (χ1) is 9.75. The van der Waals surface area contributed by atoms with Crippen LogP contribution in [-0.4, -0.2) is 31.2 Å². The van der Waals surface area contributed by atoms with Crippen LogP contribution in [0.2, 0.25) is 0 Å². The first-order valence-corrected chi connectivity index (χ1v) is 6.63. The molecule has 1 aromatic carbocycles. The smallest absolute Gasteiger partial charge is 0.168 e. The molecule has 0 saturated carbocycles. The van der Waals surface area contributed by atoms with Crippen LogP contribution in [0, 0.1) is 11.6 Å². The summed E-state index contributed by atoms with van der Waals surface area (Å²) in [6.07, 6.45) is 0. The number of hydrogen-bond donors (Lipinski definition) is 1. The third kappa shape index (κ3) is 2.49. The van der Waals surface area contributed by atoms with E-state index in [2.05, 4.69) is 15.2 Å². The highest BCUT2D eigenvalue weighted by Crippen LogP contribution is 2.24. The largest absolute Gasteiger partial charge is 0.354 e. The van der Waals surface area contributed by atoms with Crippen LogP contribution >= 0.6 is 0 Å². The van der Waals surface area contributed by atoms with Gasteiger partial charge in [-0.25, -0.2) is 13.8 Å². The van der Waals surface area contributed by atoms with Gasteiger partial charge in [0.25, 0.3) is 0 Å². The molecule has 0 unspecified atom stereocenters. The summed E-state index contributed by atoms with van der Waals surface area (Å²) in [7, 11) is 0. The number of halogens is 2. The molecule has 0 radical (unpaired) electrons. The Balaban J connectivity index is 1.96. The van der Waals surface area contributed by atoms with Crippen LogP contribution in [0.3, 0.4) is 0 Å². The molecule has 2 heterocycles. The number of nitrogens with zero attached hydrogens (tertiary/aromatic N) is 2. The van der Waals surface area contributed by atoms with Crippen molar-refractivity contribution in [2.24, 2.45) is 0 Å². The fraction of sp³-hybridized carbons (Fsp3) is 0.267. The molecule has 0 amide bonds. The van der Waals surface area contributed by atoms with E-state index in [0.29, 0.717) is 5.69 Å². The van der Waals surface area contributed by atoms with E-state index in [9.17, 15) is 8.78 Å². The minimum Gasteiger partial charge on any atom is -0.354 e. The summed E-state index contributed by atoms with van der Waals surface area (Å²) in [5.41, 5.74) is 0.653. The Kier molecular flexibility index (Phi) is 3.60. The zero-order valence-electron chi connectivity index (χ0n) is 10.9. The molecule has 1 aromatic heterocycles. The van der Waals surface area contributed by atoms with Gasteiger partial charge in [-0.2, -0.15) is 0 Å². The van der Waals surface area contributed by atoms with Gasteiger partial charge in [0.1, 0.15) is 5.82 Å². The Labute approximate surface area is 116 Å². The van der Waals surface area contributed by atoms with Crippen LogP contribution < -0.4 is 10.2 Å². The highest BCUT2D eigenvalue weighted by Gasteiger charge is 2.14. The highest BCUT2D eigenvalue weighted by molar-refractivity contribution is 5.62. The van der Waals surface area contributed by atoms with Crippen molar-refractivity contribution in [3.8, 4) is 11.3 Å². The minimum absolute atomic E-state index is 0.196. The Hall–Kier alpha value is -2.01. The van der Waals surface area contributed by atoms with Gasteiger partial charge in [-0.05, 0) is 24.3 Å². The first-order valence-electron chi connectivity index (χ1n) is 6.63. The highest BCUT2D eigenvalue weighted by atomic mass is 19.2. The maximum absolute atomic E-state index is 13.8. The SMILES string of the molecule is Fc1cccc(-c2cccc(N3CCNCC3)n2)c1F. The molecule has 20 heavy (non-hydrogen) atoms. The molecule has 0 atom stereocenters. The van der Waals surface area contributed by atoms with Crippen molar-refractivity contribution in [2.75, 3.05) is 31.1 Å². The van der Waals surface area contributed by atoms with Gasteiger partial charge in [-0.3, -0.25) is 0 Å². The van der Waals surface area contributed by atoms with Gasteiger partial charge >= 0.3 is 0 Å². The summed E-state index contributed by atoms with van der Waals surface area (Å²) >= 11 is 0. The van der Waals surface area contributed by atoms with E-state index in [4.69, 9.17) is 0 Å². The average Bonchev–Trinajstić information content (AvgIpc) is 2.51. The molecule has 0 spiro atoms. The quantitative estimate of drug-likeness (QED) is 0.912. The van der Waals surface area contributed by atoms with Crippen molar-refractivity contribution in [3.63, 3.8) is 0 Å². The van der Waals surface area contributed by atoms with E-state index in [1.807, 2.05) is 12.1 Å². The summed E-state index contributed by atoms with van der Waals surface area (Å²) in [6.45, 7) is 3.53. The van der Waals surface area contributed by atoms with Crippen molar-refractivity contribution >= 4 is 5.82 Å². The predicted molar refractivity (Wildman–Crippen MR) is 74.7 cm³/mol. The molecule has 1 saturated heterocycles. The van der Waals surface area contributed by atoms with Crippen LogP contribution in [0.5, 0.6) is 0 Å². The van der Waals surface area contributed by atoms with Gasteiger partial charge in [0.15, 0.2) is 11.6 Å². The fourth-order valence-electron chi connectivity index (χ4n) is 2.34. The molecule has 0 bridgehead atoms. The van der Waals surface area contributed by atoms with Crippen molar-refractivity contribution in [1.82, 2.24) is 10.3 Å². The second-order valence-electron chi connectivity index (χ2n) is 4.72. The molecule has 1 fully saturated rings.